The molecule has 9 heteroatoms. The molecule has 0 radical (unpaired) electrons. The highest BCUT2D eigenvalue weighted by Crippen LogP contribution is 2.42. The molecule has 2 N–H and O–H groups in total. The first-order valence-corrected chi connectivity index (χ1v) is 7.90. The molecular formula is C17H17N5O4. The van der Waals surface area contributed by atoms with E-state index in [9.17, 15) is 19.7 Å². The quantitative estimate of drug-likeness (QED) is 0.636. The molecule has 2 aromatic rings. The molecule has 0 spiro atoms. The number of hydrogen-bond acceptors (Lipinski definition) is 7. The summed E-state index contributed by atoms with van der Waals surface area (Å²) < 4.78 is 0. The van der Waals surface area contributed by atoms with Gasteiger partial charge in [-0.1, -0.05) is 0 Å². The number of fused-ring (bicyclic) bond motifs is 1. The third kappa shape index (κ3) is 2.87. The number of nitro groups is 1. The minimum absolute atomic E-state index is 0.0413. The summed E-state index contributed by atoms with van der Waals surface area (Å²) in [6.45, 7) is 5.22. The number of carbonyl (C=O) groups excluding carboxylic acids is 2. The van der Waals surface area contributed by atoms with Crippen molar-refractivity contribution in [2.75, 3.05) is 17.2 Å². The predicted octanol–water partition coefficient (Wildman–Crippen LogP) is 2.22. The normalized spacial score (nSPS) is 18.0. The highest BCUT2D eigenvalue weighted by molar-refractivity contribution is 6.06. The second-order valence-electron chi connectivity index (χ2n) is 6.39. The van der Waals surface area contributed by atoms with Gasteiger partial charge in [-0.2, -0.15) is 0 Å². The molecule has 1 aromatic carbocycles. The number of nitrogens with one attached hydrogen (secondary N) is 2. The molecular weight excluding hydrogens is 338 g/mol. The number of nitrogens with zero attached hydrogens (tertiary/aromatic N) is 3. The van der Waals surface area contributed by atoms with E-state index in [0.717, 1.165) is 0 Å². The van der Waals surface area contributed by atoms with Crippen molar-refractivity contribution in [3.63, 3.8) is 0 Å². The van der Waals surface area contributed by atoms with E-state index in [1.807, 2.05) is 0 Å². The Morgan fingerprint density at radius 3 is 2.54 bits per heavy atom. The van der Waals surface area contributed by atoms with Gasteiger partial charge in [-0.15, -0.1) is 0 Å². The molecule has 9 nitrogen and oxygen atoms in total. The van der Waals surface area contributed by atoms with Gasteiger partial charge >= 0.3 is 0 Å². The Labute approximate surface area is 149 Å². The van der Waals surface area contributed by atoms with Gasteiger partial charge in [0.15, 0.2) is 0 Å². The van der Waals surface area contributed by atoms with Gasteiger partial charge in [-0.3, -0.25) is 19.7 Å². The summed E-state index contributed by atoms with van der Waals surface area (Å²) in [5.41, 5.74) is 0.248. The number of aryl methyl sites for hydroxylation is 1. The van der Waals surface area contributed by atoms with Gasteiger partial charge in [0.2, 0.25) is 0 Å². The highest BCUT2D eigenvalue weighted by atomic mass is 16.6. The SMILES string of the molecule is CC(=O)C1(C)CNc2cc(NC(=O)c3cnc(C)nc3)c([N+](=O)[O-])cc21. The fourth-order valence-electron chi connectivity index (χ4n) is 2.83. The van der Waals surface area contributed by atoms with Crippen molar-refractivity contribution in [2.45, 2.75) is 26.2 Å². The Morgan fingerprint density at radius 2 is 1.96 bits per heavy atom. The first-order valence-electron chi connectivity index (χ1n) is 7.90. The van der Waals surface area contributed by atoms with E-state index < -0.39 is 16.2 Å². The minimum atomic E-state index is -0.840. The molecule has 0 aliphatic carbocycles. The van der Waals surface area contributed by atoms with Crippen LogP contribution in [0.4, 0.5) is 17.1 Å². The Balaban J connectivity index is 2.00. The third-order valence-electron chi connectivity index (χ3n) is 4.63. The standard InChI is InChI=1S/C17H17N5O4/c1-9(23)17(3)8-20-13-5-14(15(22(25)26)4-12(13)17)21-16(24)11-6-18-10(2)19-7-11/h4-7,20H,8H2,1-3H3,(H,21,24). The van der Waals surface area contributed by atoms with Crippen molar-refractivity contribution < 1.29 is 14.5 Å². The van der Waals surface area contributed by atoms with E-state index >= 15 is 0 Å². The van der Waals surface area contributed by atoms with Gasteiger partial charge in [0, 0.05) is 30.7 Å². The van der Waals surface area contributed by atoms with E-state index in [2.05, 4.69) is 20.6 Å². The van der Waals surface area contributed by atoms with Crippen LogP contribution in [0.1, 0.15) is 35.6 Å². The number of ketones is 1. The van der Waals surface area contributed by atoms with Crippen molar-refractivity contribution in [1.29, 1.82) is 0 Å². The number of benzene rings is 1. The van der Waals surface area contributed by atoms with Crippen LogP contribution < -0.4 is 10.6 Å². The summed E-state index contributed by atoms with van der Waals surface area (Å²) in [6.07, 6.45) is 2.70. The Bertz CT molecular complexity index is 925. The molecule has 1 aromatic heterocycles. The van der Waals surface area contributed by atoms with Gasteiger partial charge < -0.3 is 10.6 Å². The fourth-order valence-corrected chi connectivity index (χ4v) is 2.83. The zero-order chi connectivity index (χ0) is 19.1. The third-order valence-corrected chi connectivity index (χ3v) is 4.63. The summed E-state index contributed by atoms with van der Waals surface area (Å²) in [5, 5.41) is 17.1. The molecule has 0 bridgehead atoms. The largest absolute Gasteiger partial charge is 0.383 e. The maximum Gasteiger partial charge on any atom is 0.293 e. The summed E-state index contributed by atoms with van der Waals surface area (Å²) in [7, 11) is 0. The second-order valence-corrected chi connectivity index (χ2v) is 6.39. The first-order chi connectivity index (χ1) is 12.2. The molecule has 134 valence electrons. The van der Waals surface area contributed by atoms with E-state index in [-0.39, 0.29) is 22.7 Å². The number of amides is 1. The van der Waals surface area contributed by atoms with Crippen LogP contribution in [0.2, 0.25) is 0 Å². The van der Waals surface area contributed by atoms with Crippen LogP contribution in [0.25, 0.3) is 0 Å². The molecule has 1 unspecified atom stereocenters. The molecule has 1 atom stereocenters. The van der Waals surface area contributed by atoms with Crippen LogP contribution in [0, 0.1) is 17.0 Å². The Morgan fingerprint density at radius 1 is 1.31 bits per heavy atom. The summed E-state index contributed by atoms with van der Waals surface area (Å²) >= 11 is 0. The maximum absolute atomic E-state index is 12.3. The van der Waals surface area contributed by atoms with Crippen LogP contribution in [-0.4, -0.2) is 33.1 Å². The van der Waals surface area contributed by atoms with Gasteiger partial charge in [-0.05, 0) is 32.4 Å². The lowest BCUT2D eigenvalue weighted by Gasteiger charge is -2.20. The Kier molecular flexibility index (Phi) is 4.15. The monoisotopic (exact) mass is 355 g/mol. The molecule has 3 rings (SSSR count). The zero-order valence-electron chi connectivity index (χ0n) is 14.5. The minimum Gasteiger partial charge on any atom is -0.383 e. The summed E-state index contributed by atoms with van der Waals surface area (Å²) in [6, 6.07) is 2.83. The lowest BCUT2D eigenvalue weighted by atomic mass is 9.81. The van der Waals surface area contributed by atoms with Gasteiger partial charge in [-0.25, -0.2) is 9.97 Å². The van der Waals surface area contributed by atoms with Crippen LogP contribution in [-0.2, 0) is 10.2 Å². The van der Waals surface area contributed by atoms with Crippen LogP contribution in [0.5, 0.6) is 0 Å². The average molecular weight is 355 g/mol. The Hall–Kier alpha value is -3.36. The second kappa shape index (κ2) is 6.17. The lowest BCUT2D eigenvalue weighted by molar-refractivity contribution is -0.384. The van der Waals surface area contributed by atoms with E-state index in [0.29, 0.717) is 23.6 Å². The number of rotatable bonds is 4. The van der Waals surface area contributed by atoms with E-state index in [4.69, 9.17) is 0 Å². The molecule has 2 heterocycles. The number of aromatic nitrogens is 2. The lowest BCUT2D eigenvalue weighted by Crippen LogP contribution is -2.32. The van der Waals surface area contributed by atoms with Crippen molar-refractivity contribution in [3.8, 4) is 0 Å². The highest BCUT2D eigenvalue weighted by Gasteiger charge is 2.40. The summed E-state index contributed by atoms with van der Waals surface area (Å²) in [5.74, 6) is -0.134. The fraction of sp³-hybridized carbons (Fsp3) is 0.294. The number of Topliss-reactive ketones (excluding diaryl/α,β-unsaturated/α-hetero) is 1. The molecule has 0 fully saturated rings. The number of anilines is 2. The van der Waals surface area contributed by atoms with Crippen molar-refractivity contribution >= 4 is 28.8 Å². The van der Waals surface area contributed by atoms with Crippen LogP contribution in [0.3, 0.4) is 0 Å². The van der Waals surface area contributed by atoms with E-state index in [1.165, 1.54) is 31.5 Å². The number of nitro benzene ring substituents is 1. The van der Waals surface area contributed by atoms with Crippen LogP contribution >= 0.6 is 0 Å². The van der Waals surface area contributed by atoms with Crippen molar-refractivity contribution in [1.82, 2.24) is 9.97 Å². The average Bonchev–Trinajstić information content (AvgIpc) is 2.92. The molecule has 1 aliphatic rings. The maximum atomic E-state index is 12.3. The van der Waals surface area contributed by atoms with Gasteiger partial charge in [0.25, 0.3) is 11.6 Å². The molecule has 26 heavy (non-hydrogen) atoms. The van der Waals surface area contributed by atoms with Crippen molar-refractivity contribution in [3.05, 3.63) is 51.6 Å². The molecule has 1 amide bonds. The molecule has 0 saturated carbocycles. The smallest absolute Gasteiger partial charge is 0.293 e. The van der Waals surface area contributed by atoms with Gasteiger partial charge in [0.05, 0.1) is 15.9 Å². The van der Waals surface area contributed by atoms with Gasteiger partial charge in [0.1, 0.15) is 17.3 Å². The van der Waals surface area contributed by atoms with Crippen LogP contribution in [0.15, 0.2) is 24.5 Å². The number of hydrogen-bond donors (Lipinski definition) is 2. The van der Waals surface area contributed by atoms with E-state index in [1.54, 1.807) is 13.8 Å². The molecule has 0 saturated heterocycles. The number of carbonyl (C=O) groups is 2. The molecule has 1 aliphatic heterocycles. The predicted molar refractivity (Wildman–Crippen MR) is 94.3 cm³/mol. The topological polar surface area (TPSA) is 127 Å². The zero-order valence-corrected chi connectivity index (χ0v) is 14.5. The first kappa shape index (κ1) is 17.5. The van der Waals surface area contributed by atoms with Crippen molar-refractivity contribution in [2.24, 2.45) is 0 Å². The summed E-state index contributed by atoms with van der Waals surface area (Å²) in [4.78, 5) is 43.1.